The fourth-order valence-corrected chi connectivity index (χ4v) is 1.79. The average molecular weight is 310 g/mol. The van der Waals surface area contributed by atoms with Gasteiger partial charge in [0.05, 0.1) is 17.6 Å². The van der Waals surface area contributed by atoms with Crippen LogP contribution in [-0.4, -0.2) is 26.1 Å². The fourth-order valence-electron chi connectivity index (χ4n) is 1.40. The van der Waals surface area contributed by atoms with Gasteiger partial charge in [0.2, 0.25) is 0 Å². The van der Waals surface area contributed by atoms with Crippen LogP contribution in [0.25, 0.3) is 5.69 Å². The fraction of sp³-hybridized carbons (Fsp3) is 0.250. The molecule has 0 fully saturated rings. The molecular formula is C12H12BrN3O2. The van der Waals surface area contributed by atoms with Gasteiger partial charge in [-0.05, 0) is 32.0 Å². The van der Waals surface area contributed by atoms with Crippen molar-refractivity contribution in [3.05, 3.63) is 40.6 Å². The van der Waals surface area contributed by atoms with Crippen LogP contribution in [0.4, 0.5) is 0 Å². The monoisotopic (exact) mass is 309 g/mol. The maximum atomic E-state index is 11.1. The van der Waals surface area contributed by atoms with Crippen molar-refractivity contribution in [2.24, 2.45) is 0 Å². The standard InChI is InChI=1S/C12H12BrN3O2/c1-12(2,11(17)18)10-7-16(15-14-10)9-5-3-4-8(13)6-9/h3-7H,1-2H3,(H,17,18). The molecule has 0 atom stereocenters. The molecule has 1 aromatic heterocycles. The molecule has 5 nitrogen and oxygen atoms in total. The Morgan fingerprint density at radius 1 is 1.44 bits per heavy atom. The van der Waals surface area contributed by atoms with Gasteiger partial charge in [0, 0.05) is 4.47 Å². The molecule has 0 amide bonds. The number of aromatic nitrogens is 3. The molecular weight excluding hydrogens is 298 g/mol. The lowest BCUT2D eigenvalue weighted by atomic mass is 9.90. The Morgan fingerprint density at radius 3 is 2.78 bits per heavy atom. The van der Waals surface area contributed by atoms with Crippen molar-refractivity contribution in [1.82, 2.24) is 15.0 Å². The molecule has 94 valence electrons. The Hall–Kier alpha value is -1.69. The summed E-state index contributed by atoms with van der Waals surface area (Å²) in [6, 6.07) is 7.54. The van der Waals surface area contributed by atoms with E-state index in [1.165, 1.54) is 0 Å². The molecule has 0 radical (unpaired) electrons. The molecule has 1 N–H and O–H groups in total. The highest BCUT2D eigenvalue weighted by Crippen LogP contribution is 2.22. The summed E-state index contributed by atoms with van der Waals surface area (Å²) in [5.41, 5.74) is 0.198. The lowest BCUT2D eigenvalue weighted by Gasteiger charge is -2.14. The van der Waals surface area contributed by atoms with Gasteiger partial charge in [-0.1, -0.05) is 27.2 Å². The number of hydrogen-bond acceptors (Lipinski definition) is 3. The minimum absolute atomic E-state index is 0.426. The predicted octanol–water partition coefficient (Wildman–Crippen LogP) is 2.39. The molecule has 0 aliphatic rings. The van der Waals surface area contributed by atoms with Gasteiger partial charge in [-0.3, -0.25) is 4.79 Å². The minimum Gasteiger partial charge on any atom is -0.481 e. The molecule has 2 aromatic rings. The summed E-state index contributed by atoms with van der Waals surface area (Å²) in [5, 5.41) is 17.0. The molecule has 0 saturated carbocycles. The second-order valence-corrected chi connectivity index (χ2v) is 5.37. The lowest BCUT2D eigenvalue weighted by molar-refractivity contribution is -0.142. The zero-order chi connectivity index (χ0) is 13.3. The normalized spacial score (nSPS) is 11.5. The van der Waals surface area contributed by atoms with Crippen LogP contribution in [0.15, 0.2) is 34.9 Å². The molecule has 0 aliphatic heterocycles. The number of aliphatic carboxylic acids is 1. The van der Waals surface area contributed by atoms with E-state index in [1.54, 1.807) is 24.7 Å². The SMILES string of the molecule is CC(C)(C(=O)O)c1cn(-c2cccc(Br)c2)nn1. The third kappa shape index (κ3) is 2.28. The molecule has 6 heteroatoms. The van der Waals surface area contributed by atoms with Crippen LogP contribution in [0.2, 0.25) is 0 Å². The highest BCUT2D eigenvalue weighted by Gasteiger charge is 2.32. The van der Waals surface area contributed by atoms with Crippen LogP contribution < -0.4 is 0 Å². The first-order valence-electron chi connectivity index (χ1n) is 5.33. The summed E-state index contributed by atoms with van der Waals surface area (Å²) >= 11 is 3.37. The number of halogens is 1. The number of hydrogen-bond donors (Lipinski definition) is 1. The highest BCUT2D eigenvalue weighted by molar-refractivity contribution is 9.10. The number of benzene rings is 1. The number of carboxylic acid groups (broad SMARTS) is 1. The smallest absolute Gasteiger partial charge is 0.315 e. The first-order chi connectivity index (χ1) is 8.41. The third-order valence-corrected chi connectivity index (χ3v) is 3.23. The first-order valence-corrected chi connectivity index (χ1v) is 6.13. The maximum absolute atomic E-state index is 11.1. The van der Waals surface area contributed by atoms with E-state index in [0.717, 1.165) is 10.2 Å². The molecule has 0 bridgehead atoms. The lowest BCUT2D eigenvalue weighted by Crippen LogP contribution is -2.28. The number of carboxylic acids is 1. The summed E-state index contributed by atoms with van der Waals surface area (Å²) in [4.78, 5) is 11.1. The van der Waals surface area contributed by atoms with Gasteiger partial charge >= 0.3 is 5.97 Å². The van der Waals surface area contributed by atoms with Gasteiger partial charge in [-0.2, -0.15) is 0 Å². The maximum Gasteiger partial charge on any atom is 0.315 e. The molecule has 1 heterocycles. The molecule has 0 aliphatic carbocycles. The van der Waals surface area contributed by atoms with Gasteiger partial charge < -0.3 is 5.11 Å². The largest absolute Gasteiger partial charge is 0.481 e. The van der Waals surface area contributed by atoms with E-state index in [2.05, 4.69) is 26.2 Å². The zero-order valence-corrected chi connectivity index (χ0v) is 11.5. The summed E-state index contributed by atoms with van der Waals surface area (Å²) in [6.07, 6.45) is 1.63. The number of rotatable bonds is 3. The molecule has 2 rings (SSSR count). The van der Waals surface area contributed by atoms with E-state index >= 15 is 0 Å². The molecule has 18 heavy (non-hydrogen) atoms. The summed E-state index contributed by atoms with van der Waals surface area (Å²) < 4.78 is 2.49. The van der Waals surface area contributed by atoms with Crippen molar-refractivity contribution < 1.29 is 9.90 Å². The van der Waals surface area contributed by atoms with Crippen molar-refractivity contribution in [3.8, 4) is 5.69 Å². The highest BCUT2D eigenvalue weighted by atomic mass is 79.9. The van der Waals surface area contributed by atoms with E-state index in [0.29, 0.717) is 5.69 Å². The van der Waals surface area contributed by atoms with Crippen LogP contribution in [-0.2, 0) is 10.2 Å². The Balaban J connectivity index is 2.40. The van der Waals surface area contributed by atoms with E-state index < -0.39 is 11.4 Å². The Bertz CT molecular complexity index is 593. The van der Waals surface area contributed by atoms with Gasteiger partial charge in [0.25, 0.3) is 0 Å². The van der Waals surface area contributed by atoms with E-state index in [-0.39, 0.29) is 0 Å². The Labute approximate surface area is 113 Å². The molecule has 0 unspecified atom stereocenters. The van der Waals surface area contributed by atoms with Crippen LogP contribution >= 0.6 is 15.9 Å². The van der Waals surface area contributed by atoms with Crippen LogP contribution in [0, 0.1) is 0 Å². The quantitative estimate of drug-likeness (QED) is 0.945. The number of nitrogens with zero attached hydrogens (tertiary/aromatic N) is 3. The average Bonchev–Trinajstić information content (AvgIpc) is 2.78. The predicted molar refractivity (Wildman–Crippen MR) is 69.7 cm³/mol. The Kier molecular flexibility index (Phi) is 3.21. The van der Waals surface area contributed by atoms with E-state index in [9.17, 15) is 4.79 Å². The van der Waals surface area contributed by atoms with Crippen molar-refractivity contribution in [2.45, 2.75) is 19.3 Å². The number of carbonyl (C=O) groups is 1. The topological polar surface area (TPSA) is 68.0 Å². The van der Waals surface area contributed by atoms with Gasteiger partial charge in [0.15, 0.2) is 0 Å². The summed E-state index contributed by atoms with van der Waals surface area (Å²) in [5.74, 6) is -0.927. The van der Waals surface area contributed by atoms with Crippen LogP contribution in [0.5, 0.6) is 0 Å². The van der Waals surface area contributed by atoms with E-state index in [1.807, 2.05) is 24.3 Å². The first kappa shape index (κ1) is 12.8. The summed E-state index contributed by atoms with van der Waals surface area (Å²) in [6.45, 7) is 3.20. The van der Waals surface area contributed by atoms with Crippen LogP contribution in [0.1, 0.15) is 19.5 Å². The van der Waals surface area contributed by atoms with Crippen molar-refractivity contribution >= 4 is 21.9 Å². The molecule has 0 saturated heterocycles. The van der Waals surface area contributed by atoms with Crippen molar-refractivity contribution in [2.75, 3.05) is 0 Å². The molecule has 1 aromatic carbocycles. The van der Waals surface area contributed by atoms with Gasteiger partial charge in [0.1, 0.15) is 5.41 Å². The van der Waals surface area contributed by atoms with Gasteiger partial charge in [-0.25, -0.2) is 4.68 Å². The Morgan fingerprint density at radius 2 is 2.17 bits per heavy atom. The second-order valence-electron chi connectivity index (χ2n) is 4.46. The van der Waals surface area contributed by atoms with Gasteiger partial charge in [-0.15, -0.1) is 5.10 Å². The zero-order valence-electron chi connectivity index (χ0n) is 9.96. The van der Waals surface area contributed by atoms with Crippen molar-refractivity contribution in [3.63, 3.8) is 0 Å². The third-order valence-electron chi connectivity index (χ3n) is 2.74. The van der Waals surface area contributed by atoms with Crippen LogP contribution in [0.3, 0.4) is 0 Å². The summed E-state index contributed by atoms with van der Waals surface area (Å²) in [7, 11) is 0. The second kappa shape index (κ2) is 4.53. The van der Waals surface area contributed by atoms with Crippen molar-refractivity contribution in [1.29, 1.82) is 0 Å². The minimum atomic E-state index is -1.05. The van der Waals surface area contributed by atoms with E-state index in [4.69, 9.17) is 5.11 Å². The molecule has 0 spiro atoms.